The molecule has 3 aliphatic rings. The second-order valence-corrected chi connectivity index (χ2v) is 12.4. The second kappa shape index (κ2) is 14.0. The number of carbonyl (C=O) groups excluding carboxylic acids is 1. The molecule has 4 rings (SSSR count). The average molecular weight is 545 g/mol. The summed E-state index contributed by atoms with van der Waals surface area (Å²) in [5.41, 5.74) is 0.0714. The summed E-state index contributed by atoms with van der Waals surface area (Å²) in [6, 6.07) is 6.26. The van der Waals surface area contributed by atoms with Crippen molar-refractivity contribution in [3.05, 3.63) is 34.0 Å². The predicted molar refractivity (Wildman–Crippen MR) is 148 cm³/mol. The van der Waals surface area contributed by atoms with Crippen LogP contribution in [0.5, 0.6) is 0 Å². The third-order valence-corrected chi connectivity index (χ3v) is 10.3. The number of ether oxygens (including phenoxy) is 2. The van der Waals surface area contributed by atoms with Gasteiger partial charge in [0.25, 0.3) is 0 Å². The van der Waals surface area contributed by atoms with Crippen molar-refractivity contribution >= 4 is 17.3 Å². The lowest BCUT2D eigenvalue weighted by molar-refractivity contribution is -0.0355. The first kappa shape index (κ1) is 29.2. The predicted octanol–water partition coefficient (Wildman–Crippen LogP) is 4.58. The van der Waals surface area contributed by atoms with Crippen LogP contribution in [0.4, 0.5) is 0 Å². The molecule has 3 unspecified atom stereocenters. The van der Waals surface area contributed by atoms with Crippen LogP contribution in [0, 0.1) is 34.5 Å². The van der Waals surface area contributed by atoms with Gasteiger partial charge in [0.05, 0.1) is 37.4 Å². The van der Waals surface area contributed by atoms with Crippen molar-refractivity contribution in [1.82, 2.24) is 4.90 Å². The molecule has 1 aromatic heterocycles. The molecule has 210 valence electrons. The smallest absolute Gasteiger partial charge is 0.348 e. The summed E-state index contributed by atoms with van der Waals surface area (Å²) in [5, 5.41) is 31.2. The van der Waals surface area contributed by atoms with Crippen molar-refractivity contribution in [2.45, 2.75) is 76.9 Å². The van der Waals surface area contributed by atoms with Gasteiger partial charge in [-0.25, -0.2) is 4.79 Å². The molecule has 0 radical (unpaired) electrons. The number of hydrogen-bond acceptors (Lipinski definition) is 8. The molecule has 0 bridgehead atoms. The standard InChI is InChI=1S/C30H44N2O5S/c1-2-30(12-5-13-30)28(34)9-4-8-25-24(22(21-31)20-26(25)33)7-3-6-23-10-11-27(38-23)29(35)37-19-16-32-14-17-36-18-15-32/h4,8,10-11,22,24-26,28,33-34H,2-3,5-7,9,12-20H2,1H3/b8-4+/t22?,24-,25?,26+,28?/m0/s1. The molecule has 2 aliphatic carbocycles. The van der Waals surface area contributed by atoms with E-state index in [-0.39, 0.29) is 35.2 Å². The van der Waals surface area contributed by atoms with Crippen LogP contribution < -0.4 is 0 Å². The highest BCUT2D eigenvalue weighted by Crippen LogP contribution is 2.48. The SMILES string of the molecule is CCC1(C(O)C/C=C/C2[C@@H](CCCc3ccc(C(=O)OCCN4CCOCC4)s3)C(C#N)C[C@H]2O)CCC1. The quantitative estimate of drug-likeness (QED) is 0.277. The number of thiophene rings is 1. The van der Waals surface area contributed by atoms with Crippen molar-refractivity contribution in [2.75, 3.05) is 39.5 Å². The molecule has 1 aliphatic heterocycles. The number of morpholine rings is 1. The van der Waals surface area contributed by atoms with Crippen LogP contribution in [-0.4, -0.2) is 72.7 Å². The molecule has 8 heteroatoms. The summed E-state index contributed by atoms with van der Waals surface area (Å²) in [5.74, 6) is -0.362. The first-order valence-electron chi connectivity index (χ1n) is 14.4. The van der Waals surface area contributed by atoms with Gasteiger partial charge in [-0.1, -0.05) is 25.5 Å². The fourth-order valence-electron chi connectivity index (χ4n) is 6.42. The molecule has 0 amide bonds. The lowest BCUT2D eigenvalue weighted by Gasteiger charge is -2.45. The molecule has 0 spiro atoms. The van der Waals surface area contributed by atoms with Crippen molar-refractivity contribution in [3.8, 4) is 6.07 Å². The van der Waals surface area contributed by atoms with E-state index in [1.807, 2.05) is 18.2 Å². The van der Waals surface area contributed by atoms with Crippen LogP contribution in [-0.2, 0) is 15.9 Å². The molecule has 1 aromatic rings. The summed E-state index contributed by atoms with van der Waals surface area (Å²) >= 11 is 1.48. The van der Waals surface area contributed by atoms with Crippen molar-refractivity contribution < 1.29 is 24.5 Å². The Kier molecular flexibility index (Phi) is 10.8. The van der Waals surface area contributed by atoms with Gasteiger partial charge in [-0.05, 0) is 74.8 Å². The highest BCUT2D eigenvalue weighted by molar-refractivity contribution is 7.13. The van der Waals surface area contributed by atoms with Crippen LogP contribution in [0.2, 0.25) is 0 Å². The Morgan fingerprint density at radius 1 is 1.37 bits per heavy atom. The van der Waals surface area contributed by atoms with Crippen LogP contribution in [0.1, 0.15) is 72.8 Å². The van der Waals surface area contributed by atoms with Gasteiger partial charge in [0.2, 0.25) is 0 Å². The van der Waals surface area contributed by atoms with Gasteiger partial charge in [0.1, 0.15) is 11.5 Å². The maximum Gasteiger partial charge on any atom is 0.348 e. The number of rotatable bonds is 13. The third kappa shape index (κ3) is 7.25. The molecule has 0 aromatic carbocycles. The summed E-state index contributed by atoms with van der Waals surface area (Å²) in [6.45, 7) is 6.50. The second-order valence-electron chi connectivity index (χ2n) is 11.3. The molecule has 7 nitrogen and oxygen atoms in total. The molecular weight excluding hydrogens is 500 g/mol. The Bertz CT molecular complexity index is 957. The van der Waals surface area contributed by atoms with Crippen LogP contribution in [0.3, 0.4) is 0 Å². The molecule has 2 heterocycles. The highest BCUT2D eigenvalue weighted by Gasteiger charge is 2.42. The summed E-state index contributed by atoms with van der Waals surface area (Å²) in [6.07, 6.45) is 11.4. The first-order valence-corrected chi connectivity index (χ1v) is 15.3. The van der Waals surface area contributed by atoms with Gasteiger partial charge in [-0.3, -0.25) is 4.90 Å². The van der Waals surface area contributed by atoms with E-state index in [1.54, 1.807) is 0 Å². The number of aryl methyl sites for hydroxylation is 1. The van der Waals surface area contributed by atoms with E-state index in [4.69, 9.17) is 9.47 Å². The van der Waals surface area contributed by atoms with Crippen molar-refractivity contribution in [1.29, 1.82) is 5.26 Å². The highest BCUT2D eigenvalue weighted by atomic mass is 32.1. The minimum absolute atomic E-state index is 0.0499. The van der Waals surface area contributed by atoms with Gasteiger partial charge in [0.15, 0.2) is 0 Å². The number of nitrogens with zero attached hydrogens (tertiary/aromatic N) is 2. The molecule has 1 saturated heterocycles. The van der Waals surface area contributed by atoms with Crippen LogP contribution in [0.15, 0.2) is 24.3 Å². The van der Waals surface area contributed by atoms with Gasteiger partial charge in [0, 0.05) is 30.4 Å². The van der Waals surface area contributed by atoms with E-state index < -0.39 is 6.10 Å². The molecule has 5 atom stereocenters. The number of nitriles is 1. The van der Waals surface area contributed by atoms with Gasteiger partial charge >= 0.3 is 5.97 Å². The third-order valence-electron chi connectivity index (χ3n) is 9.16. The molecular formula is C30H44N2O5S. The lowest BCUT2D eigenvalue weighted by atomic mass is 9.63. The van der Waals surface area contributed by atoms with Crippen LogP contribution >= 0.6 is 11.3 Å². The molecule has 3 fully saturated rings. The maximum absolute atomic E-state index is 12.5. The van der Waals surface area contributed by atoms with E-state index in [0.717, 1.165) is 76.3 Å². The fourth-order valence-corrected chi connectivity index (χ4v) is 7.37. The Morgan fingerprint density at radius 3 is 2.84 bits per heavy atom. The summed E-state index contributed by atoms with van der Waals surface area (Å²) in [4.78, 5) is 16.5. The summed E-state index contributed by atoms with van der Waals surface area (Å²) in [7, 11) is 0. The molecule has 38 heavy (non-hydrogen) atoms. The zero-order valence-electron chi connectivity index (χ0n) is 22.7. The molecule has 2 saturated carbocycles. The van der Waals surface area contributed by atoms with Crippen molar-refractivity contribution in [2.24, 2.45) is 23.2 Å². The van der Waals surface area contributed by atoms with E-state index in [1.165, 1.54) is 17.8 Å². The number of aliphatic hydroxyl groups is 2. The van der Waals surface area contributed by atoms with Crippen molar-refractivity contribution in [3.63, 3.8) is 0 Å². The Labute approximate surface area is 231 Å². The van der Waals surface area contributed by atoms with Gasteiger partial charge in [-0.15, -0.1) is 11.3 Å². The monoisotopic (exact) mass is 544 g/mol. The van der Waals surface area contributed by atoms with E-state index in [9.17, 15) is 20.3 Å². The number of hydrogen-bond donors (Lipinski definition) is 2. The largest absolute Gasteiger partial charge is 0.460 e. The van der Waals surface area contributed by atoms with Crippen LogP contribution in [0.25, 0.3) is 0 Å². The van der Waals surface area contributed by atoms with E-state index in [0.29, 0.717) is 24.3 Å². The Balaban J connectivity index is 1.23. The number of esters is 1. The zero-order valence-corrected chi connectivity index (χ0v) is 23.5. The molecule has 2 N–H and O–H groups in total. The summed E-state index contributed by atoms with van der Waals surface area (Å²) < 4.78 is 10.8. The normalized spacial score (nSPS) is 28.2. The number of carbonyl (C=O) groups is 1. The van der Waals surface area contributed by atoms with E-state index in [2.05, 4.69) is 24.0 Å². The first-order chi connectivity index (χ1) is 18.5. The average Bonchev–Trinajstić information content (AvgIpc) is 3.49. The number of aliphatic hydroxyl groups excluding tert-OH is 2. The van der Waals surface area contributed by atoms with Gasteiger partial charge < -0.3 is 19.7 Å². The fraction of sp³-hybridized carbons (Fsp3) is 0.733. The maximum atomic E-state index is 12.5. The Morgan fingerprint density at radius 2 is 2.16 bits per heavy atom. The van der Waals surface area contributed by atoms with Gasteiger partial charge in [-0.2, -0.15) is 5.26 Å². The minimum Gasteiger partial charge on any atom is -0.460 e. The minimum atomic E-state index is -0.512. The van der Waals surface area contributed by atoms with E-state index >= 15 is 0 Å². The Hall–Kier alpha value is -1.76. The topological polar surface area (TPSA) is 103 Å². The lowest BCUT2D eigenvalue weighted by Crippen LogP contribution is -2.40. The zero-order chi connectivity index (χ0) is 27.0.